The fourth-order valence-electron chi connectivity index (χ4n) is 3.80. The van der Waals surface area contributed by atoms with Gasteiger partial charge in [-0.25, -0.2) is 0 Å². The molecule has 0 bridgehead atoms. The number of ether oxygens (including phenoxy) is 1. The molecule has 1 aliphatic rings. The van der Waals surface area contributed by atoms with E-state index in [1.54, 1.807) is 0 Å². The molecule has 5 atom stereocenters. The van der Waals surface area contributed by atoms with Crippen molar-refractivity contribution < 1.29 is 50.0 Å². The van der Waals surface area contributed by atoms with Gasteiger partial charge < -0.3 is 50.0 Å². The largest absolute Gasteiger partial charge is 0.508 e. The highest BCUT2D eigenvalue weighted by molar-refractivity contribution is 5.87. The fraction of sp³-hybridized carbons (Fsp3) is 0.286. The van der Waals surface area contributed by atoms with Gasteiger partial charge in [-0.2, -0.15) is 0 Å². The van der Waals surface area contributed by atoms with Crippen molar-refractivity contribution in [1.82, 2.24) is 0 Å². The molecule has 1 aromatic heterocycles. The van der Waals surface area contributed by atoms with Crippen molar-refractivity contribution in [3.8, 4) is 40.1 Å². The monoisotopic (exact) mass is 448 g/mol. The molecule has 5 unspecified atom stereocenters. The van der Waals surface area contributed by atoms with E-state index in [0.29, 0.717) is 0 Å². The quantitative estimate of drug-likeness (QED) is 0.254. The molecule has 0 spiro atoms. The zero-order chi connectivity index (χ0) is 23.5. The van der Waals surface area contributed by atoms with Gasteiger partial charge in [0.1, 0.15) is 52.6 Å². The van der Waals surface area contributed by atoms with Gasteiger partial charge >= 0.3 is 0 Å². The fourth-order valence-corrected chi connectivity index (χ4v) is 3.80. The van der Waals surface area contributed by atoms with Crippen molar-refractivity contribution in [2.75, 3.05) is 0 Å². The lowest BCUT2D eigenvalue weighted by Crippen LogP contribution is -2.53. The first-order valence-corrected chi connectivity index (χ1v) is 9.49. The number of hydrogen-bond donors (Lipinski definition) is 8. The third-order valence-electron chi connectivity index (χ3n) is 5.46. The van der Waals surface area contributed by atoms with Crippen molar-refractivity contribution in [2.45, 2.75) is 37.4 Å². The maximum absolute atomic E-state index is 13.4. The summed E-state index contributed by atoms with van der Waals surface area (Å²) >= 11 is 0. The lowest BCUT2D eigenvalue weighted by atomic mass is 9.89. The molecule has 4 rings (SSSR count). The van der Waals surface area contributed by atoms with E-state index in [1.165, 1.54) is 6.92 Å². The minimum atomic E-state index is -1.79. The van der Waals surface area contributed by atoms with Crippen LogP contribution in [0.1, 0.15) is 18.6 Å². The molecular weight excluding hydrogens is 428 g/mol. The standard InChI is InChI=1S/C21H20O11/c1-6-15(26)18(29)19(30)21(31-6)14-17(28)13-9(23)4-8(22)5-12(13)32-20(14)7-2-10(24)16(27)11(25)3-7/h2-6,15,18-19,21-27,29-30H,1H3. The van der Waals surface area contributed by atoms with Crippen LogP contribution < -0.4 is 5.43 Å². The van der Waals surface area contributed by atoms with Crippen LogP contribution in [-0.4, -0.2) is 65.3 Å². The zero-order valence-corrected chi connectivity index (χ0v) is 16.5. The Morgan fingerprint density at radius 1 is 0.812 bits per heavy atom. The molecule has 1 aliphatic heterocycles. The van der Waals surface area contributed by atoms with Crippen LogP contribution in [0.5, 0.6) is 28.7 Å². The van der Waals surface area contributed by atoms with Crippen LogP contribution in [0.3, 0.4) is 0 Å². The van der Waals surface area contributed by atoms with Crippen molar-refractivity contribution in [3.63, 3.8) is 0 Å². The van der Waals surface area contributed by atoms with E-state index in [2.05, 4.69) is 0 Å². The Morgan fingerprint density at radius 3 is 2.06 bits per heavy atom. The first kappa shape index (κ1) is 21.7. The van der Waals surface area contributed by atoms with E-state index >= 15 is 0 Å². The second-order valence-electron chi connectivity index (χ2n) is 7.61. The van der Waals surface area contributed by atoms with Crippen LogP contribution in [0.2, 0.25) is 0 Å². The first-order valence-electron chi connectivity index (χ1n) is 9.49. The topological polar surface area (TPSA) is 201 Å². The molecule has 11 heteroatoms. The summed E-state index contributed by atoms with van der Waals surface area (Å²) in [7, 11) is 0. The predicted molar refractivity (Wildman–Crippen MR) is 108 cm³/mol. The van der Waals surface area contributed by atoms with Gasteiger partial charge in [0.25, 0.3) is 0 Å². The molecule has 3 aromatic rings. The number of phenolic OH excluding ortho intramolecular Hbond substituents is 5. The minimum absolute atomic E-state index is 0.126. The number of aliphatic hydroxyl groups is 3. The molecule has 170 valence electrons. The Balaban J connectivity index is 2.08. The molecule has 0 aliphatic carbocycles. The van der Waals surface area contributed by atoms with E-state index in [-0.39, 0.29) is 22.3 Å². The Morgan fingerprint density at radius 2 is 1.44 bits per heavy atom. The Hall–Kier alpha value is -3.51. The van der Waals surface area contributed by atoms with E-state index in [1.807, 2.05) is 0 Å². The zero-order valence-electron chi connectivity index (χ0n) is 16.5. The van der Waals surface area contributed by atoms with E-state index in [4.69, 9.17) is 9.15 Å². The van der Waals surface area contributed by atoms with E-state index < -0.39 is 70.3 Å². The maximum atomic E-state index is 13.4. The summed E-state index contributed by atoms with van der Waals surface area (Å²) in [5, 5.41) is 79.9. The number of phenols is 5. The third-order valence-corrected chi connectivity index (χ3v) is 5.46. The summed E-state index contributed by atoms with van der Waals surface area (Å²) < 4.78 is 11.3. The lowest BCUT2D eigenvalue weighted by Gasteiger charge is -2.39. The summed E-state index contributed by atoms with van der Waals surface area (Å²) in [6.07, 6.45) is -7.51. The molecular formula is C21H20O11. The normalized spacial score (nSPS) is 25.8. The van der Waals surface area contributed by atoms with Gasteiger partial charge in [-0.3, -0.25) is 4.79 Å². The molecule has 2 aromatic carbocycles. The van der Waals surface area contributed by atoms with Crippen LogP contribution in [0.25, 0.3) is 22.3 Å². The second-order valence-corrected chi connectivity index (χ2v) is 7.61. The van der Waals surface area contributed by atoms with Crippen LogP contribution in [0.15, 0.2) is 33.5 Å². The minimum Gasteiger partial charge on any atom is -0.508 e. The molecule has 2 heterocycles. The number of benzene rings is 2. The van der Waals surface area contributed by atoms with Gasteiger partial charge in [0, 0.05) is 17.7 Å². The summed E-state index contributed by atoms with van der Waals surface area (Å²) in [5.41, 5.74) is -1.69. The SMILES string of the molecule is CC1OC(c2c(-c3cc(O)c(O)c(O)c3)oc3cc(O)cc(O)c3c2=O)C(O)C(O)C1O. The summed E-state index contributed by atoms with van der Waals surface area (Å²) in [6.45, 7) is 1.41. The number of fused-ring (bicyclic) bond motifs is 1. The highest BCUT2D eigenvalue weighted by atomic mass is 16.5. The number of hydrogen-bond acceptors (Lipinski definition) is 11. The smallest absolute Gasteiger partial charge is 0.203 e. The Kier molecular flexibility index (Phi) is 5.13. The van der Waals surface area contributed by atoms with Crippen molar-refractivity contribution in [2.24, 2.45) is 0 Å². The maximum Gasteiger partial charge on any atom is 0.203 e. The second kappa shape index (κ2) is 7.57. The van der Waals surface area contributed by atoms with Gasteiger partial charge in [-0.15, -0.1) is 0 Å². The highest BCUT2D eigenvalue weighted by Gasteiger charge is 2.45. The highest BCUT2D eigenvalue weighted by Crippen LogP contribution is 2.43. The van der Waals surface area contributed by atoms with Crippen molar-refractivity contribution in [3.05, 3.63) is 40.1 Å². The average molecular weight is 448 g/mol. The lowest BCUT2D eigenvalue weighted by molar-refractivity contribution is -0.219. The van der Waals surface area contributed by atoms with E-state index in [0.717, 1.165) is 24.3 Å². The van der Waals surface area contributed by atoms with Crippen molar-refractivity contribution >= 4 is 11.0 Å². The molecule has 11 nitrogen and oxygen atoms in total. The number of aromatic hydroxyl groups is 5. The molecule has 0 radical (unpaired) electrons. The van der Waals surface area contributed by atoms with Gasteiger partial charge in [0.2, 0.25) is 5.43 Å². The molecule has 8 N–H and O–H groups in total. The van der Waals surface area contributed by atoms with Crippen LogP contribution in [-0.2, 0) is 4.74 Å². The van der Waals surface area contributed by atoms with Gasteiger partial charge in [0.15, 0.2) is 17.2 Å². The molecule has 0 amide bonds. The molecule has 1 fully saturated rings. The molecule has 0 saturated carbocycles. The van der Waals surface area contributed by atoms with Gasteiger partial charge in [0.05, 0.1) is 11.7 Å². The van der Waals surface area contributed by atoms with Crippen LogP contribution in [0.4, 0.5) is 0 Å². The predicted octanol–water partition coefficient (Wildman–Crippen LogP) is 0.530. The molecule has 1 saturated heterocycles. The van der Waals surface area contributed by atoms with Crippen LogP contribution >= 0.6 is 0 Å². The summed E-state index contributed by atoms with van der Waals surface area (Å²) in [6, 6.07) is 3.88. The Labute approximate surface area is 179 Å². The molecule has 32 heavy (non-hydrogen) atoms. The van der Waals surface area contributed by atoms with Crippen LogP contribution in [0, 0.1) is 0 Å². The first-order chi connectivity index (χ1) is 15.0. The van der Waals surface area contributed by atoms with Gasteiger partial charge in [-0.1, -0.05) is 0 Å². The van der Waals surface area contributed by atoms with Crippen molar-refractivity contribution in [1.29, 1.82) is 0 Å². The summed E-state index contributed by atoms with van der Waals surface area (Å²) in [5.74, 6) is -3.72. The van der Waals surface area contributed by atoms with Gasteiger partial charge in [-0.05, 0) is 19.1 Å². The Bertz CT molecular complexity index is 1240. The number of aliphatic hydroxyl groups excluding tert-OH is 3. The third kappa shape index (κ3) is 3.28. The summed E-state index contributed by atoms with van der Waals surface area (Å²) in [4.78, 5) is 13.4. The number of rotatable bonds is 2. The average Bonchev–Trinajstić information content (AvgIpc) is 2.72. The van der Waals surface area contributed by atoms with E-state index in [9.17, 15) is 45.6 Å².